The summed E-state index contributed by atoms with van der Waals surface area (Å²) in [5.41, 5.74) is 1.28. The smallest absolute Gasteiger partial charge is 0.344 e. The molecule has 1 N–H and O–H groups in total. The summed E-state index contributed by atoms with van der Waals surface area (Å²) < 4.78 is 28.0. The van der Waals surface area contributed by atoms with E-state index in [-0.39, 0.29) is 11.6 Å². The molecule has 0 spiro atoms. The van der Waals surface area contributed by atoms with Crippen LogP contribution in [0.3, 0.4) is 0 Å². The summed E-state index contributed by atoms with van der Waals surface area (Å²) in [7, 11) is 1.41. The van der Waals surface area contributed by atoms with Crippen molar-refractivity contribution in [3.8, 4) is 11.5 Å². The third kappa shape index (κ3) is 6.71. The number of ether oxygens (including phenoxy) is 3. The number of esters is 1. The standard InChI is InChI=1S/C20H20FNO6/c1-26-18-10-15(11-23)4-7-17(18)27-13-20(25)28-12-19(24)22-9-8-14-2-5-16(21)6-3-14/h2-7,10-11H,8-9,12-13H2,1H3,(H,22,24). The molecule has 8 heteroatoms. The minimum Gasteiger partial charge on any atom is -0.493 e. The van der Waals surface area contributed by atoms with Crippen LogP contribution in [0.2, 0.25) is 0 Å². The molecular formula is C20H20FNO6. The van der Waals surface area contributed by atoms with Crippen LogP contribution >= 0.6 is 0 Å². The highest BCUT2D eigenvalue weighted by atomic mass is 19.1. The maximum atomic E-state index is 12.8. The second-order valence-corrected chi connectivity index (χ2v) is 5.70. The summed E-state index contributed by atoms with van der Waals surface area (Å²) in [6, 6.07) is 10.5. The third-order valence-corrected chi connectivity index (χ3v) is 3.68. The molecule has 148 valence electrons. The van der Waals surface area contributed by atoms with Gasteiger partial charge in [-0.25, -0.2) is 9.18 Å². The maximum absolute atomic E-state index is 12.8. The van der Waals surface area contributed by atoms with E-state index in [0.717, 1.165) is 5.56 Å². The van der Waals surface area contributed by atoms with Crippen molar-refractivity contribution in [2.45, 2.75) is 6.42 Å². The van der Waals surface area contributed by atoms with Crippen molar-refractivity contribution < 1.29 is 33.0 Å². The predicted octanol–water partition coefficient (Wildman–Crippen LogP) is 1.93. The number of hydrogen-bond donors (Lipinski definition) is 1. The Morgan fingerprint density at radius 3 is 2.50 bits per heavy atom. The minimum absolute atomic E-state index is 0.272. The van der Waals surface area contributed by atoms with Gasteiger partial charge in [0, 0.05) is 12.1 Å². The lowest BCUT2D eigenvalue weighted by Crippen LogP contribution is -2.31. The zero-order chi connectivity index (χ0) is 20.4. The Bertz CT molecular complexity index is 822. The Kier molecular flexibility index (Phi) is 7.95. The van der Waals surface area contributed by atoms with E-state index >= 15 is 0 Å². The Morgan fingerprint density at radius 1 is 1.07 bits per heavy atom. The van der Waals surface area contributed by atoms with E-state index in [0.29, 0.717) is 30.6 Å². The number of nitrogens with one attached hydrogen (secondary N) is 1. The molecule has 2 aromatic rings. The van der Waals surface area contributed by atoms with Crippen LogP contribution in [0.4, 0.5) is 4.39 Å². The molecular weight excluding hydrogens is 369 g/mol. The second kappa shape index (κ2) is 10.7. The Hall–Kier alpha value is -3.42. The quantitative estimate of drug-likeness (QED) is 0.493. The lowest BCUT2D eigenvalue weighted by Gasteiger charge is -2.11. The number of rotatable bonds is 10. The fourth-order valence-electron chi connectivity index (χ4n) is 2.25. The van der Waals surface area contributed by atoms with Gasteiger partial charge in [0.05, 0.1) is 7.11 Å². The van der Waals surface area contributed by atoms with Crippen LogP contribution < -0.4 is 14.8 Å². The molecule has 2 rings (SSSR count). The van der Waals surface area contributed by atoms with Crippen molar-refractivity contribution >= 4 is 18.2 Å². The first-order valence-corrected chi connectivity index (χ1v) is 8.44. The van der Waals surface area contributed by atoms with Crippen LogP contribution in [-0.4, -0.2) is 45.0 Å². The van der Waals surface area contributed by atoms with Gasteiger partial charge < -0.3 is 19.5 Å². The largest absolute Gasteiger partial charge is 0.493 e. The molecule has 0 saturated heterocycles. The number of methoxy groups -OCH3 is 1. The summed E-state index contributed by atoms with van der Waals surface area (Å²) in [6.07, 6.45) is 1.19. The molecule has 0 atom stereocenters. The van der Waals surface area contributed by atoms with E-state index in [1.54, 1.807) is 12.1 Å². The summed E-state index contributed by atoms with van der Waals surface area (Å²) >= 11 is 0. The molecule has 0 unspecified atom stereocenters. The van der Waals surface area contributed by atoms with Gasteiger partial charge in [0.2, 0.25) is 0 Å². The molecule has 0 aliphatic carbocycles. The fraction of sp³-hybridized carbons (Fsp3) is 0.250. The molecule has 2 aromatic carbocycles. The van der Waals surface area contributed by atoms with Gasteiger partial charge in [-0.3, -0.25) is 9.59 Å². The molecule has 28 heavy (non-hydrogen) atoms. The van der Waals surface area contributed by atoms with Crippen molar-refractivity contribution in [3.63, 3.8) is 0 Å². The van der Waals surface area contributed by atoms with Gasteiger partial charge in [0.25, 0.3) is 5.91 Å². The Morgan fingerprint density at radius 2 is 1.82 bits per heavy atom. The van der Waals surface area contributed by atoms with E-state index in [9.17, 15) is 18.8 Å². The predicted molar refractivity (Wildman–Crippen MR) is 97.9 cm³/mol. The van der Waals surface area contributed by atoms with Gasteiger partial charge >= 0.3 is 5.97 Å². The van der Waals surface area contributed by atoms with Crippen molar-refractivity contribution in [3.05, 3.63) is 59.4 Å². The number of carbonyl (C=O) groups is 3. The molecule has 0 fully saturated rings. The third-order valence-electron chi connectivity index (χ3n) is 3.68. The van der Waals surface area contributed by atoms with Gasteiger partial charge in [-0.1, -0.05) is 12.1 Å². The van der Waals surface area contributed by atoms with Crippen molar-refractivity contribution in [2.24, 2.45) is 0 Å². The second-order valence-electron chi connectivity index (χ2n) is 5.70. The molecule has 7 nitrogen and oxygen atoms in total. The highest BCUT2D eigenvalue weighted by Crippen LogP contribution is 2.27. The monoisotopic (exact) mass is 389 g/mol. The highest BCUT2D eigenvalue weighted by Gasteiger charge is 2.11. The average Bonchev–Trinajstić information content (AvgIpc) is 2.72. The van der Waals surface area contributed by atoms with Gasteiger partial charge in [-0.15, -0.1) is 0 Å². The summed E-state index contributed by atoms with van der Waals surface area (Å²) in [4.78, 5) is 34.2. The normalized spacial score (nSPS) is 10.1. The molecule has 0 heterocycles. The Labute approximate surface area is 161 Å². The van der Waals surface area contributed by atoms with E-state index < -0.39 is 25.1 Å². The first-order valence-electron chi connectivity index (χ1n) is 8.44. The van der Waals surface area contributed by atoms with E-state index in [4.69, 9.17) is 14.2 Å². The van der Waals surface area contributed by atoms with E-state index in [2.05, 4.69) is 5.32 Å². The van der Waals surface area contributed by atoms with Gasteiger partial charge in [-0.05, 0) is 42.3 Å². The summed E-state index contributed by atoms with van der Waals surface area (Å²) in [5.74, 6) is -0.928. The molecule has 0 aromatic heterocycles. The summed E-state index contributed by atoms with van der Waals surface area (Å²) in [6.45, 7) is -0.523. The molecule has 0 aliphatic rings. The Balaban J connectivity index is 1.68. The topological polar surface area (TPSA) is 90.9 Å². The number of aldehydes is 1. The lowest BCUT2D eigenvalue weighted by atomic mass is 10.1. The first kappa shape index (κ1) is 20.9. The SMILES string of the molecule is COc1cc(C=O)ccc1OCC(=O)OCC(=O)NCCc1ccc(F)cc1. The molecule has 1 amide bonds. The fourth-order valence-corrected chi connectivity index (χ4v) is 2.25. The maximum Gasteiger partial charge on any atom is 0.344 e. The lowest BCUT2D eigenvalue weighted by molar-refractivity contribution is -0.150. The zero-order valence-corrected chi connectivity index (χ0v) is 15.3. The van der Waals surface area contributed by atoms with E-state index in [1.807, 2.05) is 0 Å². The van der Waals surface area contributed by atoms with Crippen LogP contribution in [0.1, 0.15) is 15.9 Å². The molecule has 0 saturated carbocycles. The van der Waals surface area contributed by atoms with Crippen LogP contribution in [0.5, 0.6) is 11.5 Å². The molecule has 0 radical (unpaired) electrons. The minimum atomic E-state index is -0.727. The van der Waals surface area contributed by atoms with E-state index in [1.165, 1.54) is 37.4 Å². The van der Waals surface area contributed by atoms with Crippen molar-refractivity contribution in [1.82, 2.24) is 5.32 Å². The summed E-state index contributed by atoms with van der Waals surface area (Å²) in [5, 5.41) is 2.60. The van der Waals surface area contributed by atoms with Crippen molar-refractivity contribution in [1.29, 1.82) is 0 Å². The number of amides is 1. The van der Waals surface area contributed by atoms with Gasteiger partial charge in [-0.2, -0.15) is 0 Å². The number of halogens is 1. The number of carbonyl (C=O) groups excluding carboxylic acids is 3. The first-order chi connectivity index (χ1) is 13.5. The van der Waals surface area contributed by atoms with Crippen molar-refractivity contribution in [2.75, 3.05) is 26.9 Å². The average molecular weight is 389 g/mol. The van der Waals surface area contributed by atoms with Crippen LogP contribution in [0.15, 0.2) is 42.5 Å². The van der Waals surface area contributed by atoms with Crippen LogP contribution in [-0.2, 0) is 20.7 Å². The molecule has 0 aliphatic heterocycles. The number of benzene rings is 2. The number of hydrogen-bond acceptors (Lipinski definition) is 6. The molecule has 0 bridgehead atoms. The highest BCUT2D eigenvalue weighted by molar-refractivity contribution is 5.81. The van der Waals surface area contributed by atoms with Gasteiger partial charge in [0.1, 0.15) is 12.1 Å². The van der Waals surface area contributed by atoms with Gasteiger partial charge in [0.15, 0.2) is 24.7 Å². The zero-order valence-electron chi connectivity index (χ0n) is 15.3. The van der Waals surface area contributed by atoms with Crippen LogP contribution in [0.25, 0.3) is 0 Å². The van der Waals surface area contributed by atoms with Crippen LogP contribution in [0, 0.1) is 5.82 Å².